The maximum atomic E-state index is 12.1. The summed E-state index contributed by atoms with van der Waals surface area (Å²) in [5.74, 6) is 0.300. The summed E-state index contributed by atoms with van der Waals surface area (Å²) in [5.41, 5.74) is 0.550. The highest BCUT2D eigenvalue weighted by Gasteiger charge is 2.18. The predicted molar refractivity (Wildman–Crippen MR) is 83.1 cm³/mol. The number of benzene rings is 1. The maximum Gasteiger partial charge on any atom is 0.236 e. The van der Waals surface area contributed by atoms with Gasteiger partial charge in [0.15, 0.2) is 0 Å². The van der Waals surface area contributed by atoms with Gasteiger partial charge in [0.2, 0.25) is 15.9 Å². The monoisotopic (exact) mass is 314 g/mol. The van der Waals surface area contributed by atoms with Crippen LogP contribution in [0.1, 0.15) is 20.8 Å². The lowest BCUT2D eigenvalue weighted by Crippen LogP contribution is -2.34. The number of rotatable bonds is 7. The molecule has 1 aromatic rings. The van der Waals surface area contributed by atoms with Crippen molar-refractivity contribution in [3.63, 3.8) is 0 Å². The molecule has 0 fully saturated rings. The van der Waals surface area contributed by atoms with Crippen molar-refractivity contribution in [2.75, 3.05) is 23.7 Å². The van der Waals surface area contributed by atoms with Crippen LogP contribution in [0.4, 0.5) is 5.69 Å². The van der Waals surface area contributed by atoms with E-state index in [0.29, 0.717) is 11.4 Å². The highest BCUT2D eigenvalue weighted by molar-refractivity contribution is 7.92. The lowest BCUT2D eigenvalue weighted by molar-refractivity contribution is -0.118. The van der Waals surface area contributed by atoms with E-state index in [2.05, 4.69) is 5.32 Å². The van der Waals surface area contributed by atoms with Crippen LogP contribution in [0.2, 0.25) is 0 Å². The highest BCUT2D eigenvalue weighted by Crippen LogP contribution is 2.21. The zero-order valence-corrected chi connectivity index (χ0v) is 13.6. The molecule has 118 valence electrons. The molecule has 0 radical (unpaired) electrons. The summed E-state index contributed by atoms with van der Waals surface area (Å²) in [5, 5.41) is 2.47. The lowest BCUT2D eigenvalue weighted by Gasteiger charge is -2.20. The number of carbonyl (C=O) groups excluding carboxylic acids is 1. The number of ether oxygens (including phenoxy) is 1. The van der Waals surface area contributed by atoms with E-state index in [4.69, 9.17) is 4.74 Å². The molecule has 0 aromatic heterocycles. The number of sulfonamides is 1. The zero-order valence-electron chi connectivity index (χ0n) is 12.8. The van der Waals surface area contributed by atoms with Gasteiger partial charge in [0.25, 0.3) is 0 Å². The largest absolute Gasteiger partial charge is 0.491 e. The van der Waals surface area contributed by atoms with Gasteiger partial charge in [0, 0.05) is 20.5 Å². The molecule has 0 unspecified atom stereocenters. The number of nitrogens with one attached hydrogen (secondary N) is 1. The van der Waals surface area contributed by atoms with Gasteiger partial charge in [-0.1, -0.05) is 0 Å². The van der Waals surface area contributed by atoms with Crippen LogP contribution >= 0.6 is 0 Å². The van der Waals surface area contributed by atoms with Crippen LogP contribution in [-0.2, 0) is 14.8 Å². The molecule has 1 amide bonds. The topological polar surface area (TPSA) is 75.7 Å². The first kappa shape index (κ1) is 17.3. The molecule has 0 aliphatic carbocycles. The number of hydrogen-bond donors (Lipinski definition) is 1. The Bertz CT molecular complexity index is 567. The van der Waals surface area contributed by atoms with Crippen LogP contribution in [0, 0.1) is 0 Å². The quantitative estimate of drug-likeness (QED) is 0.825. The van der Waals surface area contributed by atoms with E-state index in [1.54, 1.807) is 24.3 Å². The Hall–Kier alpha value is -1.76. The molecule has 21 heavy (non-hydrogen) atoms. The van der Waals surface area contributed by atoms with Crippen molar-refractivity contribution in [3.05, 3.63) is 24.3 Å². The highest BCUT2D eigenvalue weighted by atomic mass is 32.2. The molecule has 7 heteroatoms. The molecule has 0 spiro atoms. The van der Waals surface area contributed by atoms with Gasteiger partial charge in [-0.25, -0.2) is 8.42 Å². The lowest BCUT2D eigenvalue weighted by atomic mass is 10.3. The number of amides is 1. The van der Waals surface area contributed by atoms with E-state index in [9.17, 15) is 13.2 Å². The van der Waals surface area contributed by atoms with Crippen molar-refractivity contribution in [3.8, 4) is 5.75 Å². The Balaban J connectivity index is 2.72. The Morgan fingerprint density at radius 2 is 1.86 bits per heavy atom. The summed E-state index contributed by atoms with van der Waals surface area (Å²) < 4.78 is 30.9. The molecule has 1 rings (SSSR count). The molecule has 1 aromatic carbocycles. The Labute approximate surface area is 126 Å². The zero-order chi connectivity index (χ0) is 16.0. The van der Waals surface area contributed by atoms with E-state index in [1.165, 1.54) is 18.3 Å². The van der Waals surface area contributed by atoms with Gasteiger partial charge < -0.3 is 10.1 Å². The van der Waals surface area contributed by atoms with Gasteiger partial charge in [-0.2, -0.15) is 0 Å². The van der Waals surface area contributed by atoms with Crippen LogP contribution in [0.15, 0.2) is 24.3 Å². The van der Waals surface area contributed by atoms with Gasteiger partial charge >= 0.3 is 0 Å². The Morgan fingerprint density at radius 3 is 2.33 bits per heavy atom. The molecule has 0 aliphatic heterocycles. The standard InChI is InChI=1S/C14H22N2O4S/c1-11(2)20-14-7-5-13(6-8-14)16(4)21(18,19)10-9-15-12(3)17/h5-8,11H,9-10H2,1-4H3,(H,15,17). The summed E-state index contributed by atoms with van der Waals surface area (Å²) >= 11 is 0. The minimum atomic E-state index is -3.47. The summed E-state index contributed by atoms with van der Waals surface area (Å²) in [4.78, 5) is 10.8. The molecule has 1 N–H and O–H groups in total. The van der Waals surface area contributed by atoms with E-state index in [1.807, 2.05) is 13.8 Å². The van der Waals surface area contributed by atoms with Crippen molar-refractivity contribution < 1.29 is 17.9 Å². The van der Waals surface area contributed by atoms with Crippen LogP contribution in [-0.4, -0.2) is 39.8 Å². The first-order valence-electron chi connectivity index (χ1n) is 6.70. The Kier molecular flexibility index (Phi) is 6.02. The van der Waals surface area contributed by atoms with Gasteiger partial charge in [0.1, 0.15) is 5.75 Å². The van der Waals surface area contributed by atoms with Crippen LogP contribution in [0.3, 0.4) is 0 Å². The van der Waals surface area contributed by atoms with E-state index in [0.717, 1.165) is 0 Å². The summed E-state index contributed by atoms with van der Waals surface area (Å²) in [6, 6.07) is 6.84. The summed E-state index contributed by atoms with van der Waals surface area (Å²) in [6.07, 6.45) is 0.0648. The molecule has 0 aliphatic rings. The fourth-order valence-corrected chi connectivity index (χ4v) is 2.74. The van der Waals surface area contributed by atoms with Crippen molar-refractivity contribution in [1.82, 2.24) is 5.32 Å². The first-order chi connectivity index (χ1) is 9.72. The maximum absolute atomic E-state index is 12.1. The second-order valence-corrected chi connectivity index (χ2v) is 7.05. The fraction of sp³-hybridized carbons (Fsp3) is 0.500. The van der Waals surface area contributed by atoms with Crippen LogP contribution in [0.5, 0.6) is 5.75 Å². The van der Waals surface area contributed by atoms with Crippen molar-refractivity contribution in [1.29, 1.82) is 0 Å². The van der Waals surface area contributed by atoms with Crippen LogP contribution < -0.4 is 14.4 Å². The van der Waals surface area contributed by atoms with Crippen molar-refractivity contribution >= 4 is 21.6 Å². The molecule has 6 nitrogen and oxygen atoms in total. The second-order valence-electron chi connectivity index (χ2n) is 4.93. The molecular formula is C14H22N2O4S. The molecule has 0 saturated heterocycles. The minimum absolute atomic E-state index is 0.0648. The smallest absolute Gasteiger partial charge is 0.236 e. The second kappa shape index (κ2) is 7.31. The minimum Gasteiger partial charge on any atom is -0.491 e. The fourth-order valence-electron chi connectivity index (χ4n) is 1.66. The molecular weight excluding hydrogens is 292 g/mol. The van der Waals surface area contributed by atoms with E-state index >= 15 is 0 Å². The SMILES string of the molecule is CC(=O)NCCS(=O)(=O)N(C)c1ccc(OC(C)C)cc1. The normalized spacial score (nSPS) is 11.3. The summed E-state index contributed by atoms with van der Waals surface area (Å²) in [7, 11) is -1.98. The number of anilines is 1. The average molecular weight is 314 g/mol. The average Bonchev–Trinajstić information content (AvgIpc) is 2.37. The summed E-state index contributed by atoms with van der Waals surface area (Å²) in [6.45, 7) is 5.29. The van der Waals surface area contributed by atoms with Gasteiger partial charge in [0.05, 0.1) is 17.5 Å². The molecule has 0 bridgehead atoms. The van der Waals surface area contributed by atoms with Gasteiger partial charge in [-0.05, 0) is 38.1 Å². The molecule has 0 saturated carbocycles. The molecule has 0 atom stereocenters. The predicted octanol–water partition coefficient (Wildman–Crippen LogP) is 1.38. The number of carbonyl (C=O) groups is 1. The Morgan fingerprint density at radius 1 is 1.29 bits per heavy atom. The van der Waals surface area contributed by atoms with Crippen molar-refractivity contribution in [2.24, 2.45) is 0 Å². The number of nitrogens with zero attached hydrogens (tertiary/aromatic N) is 1. The van der Waals surface area contributed by atoms with Gasteiger partial charge in [-0.3, -0.25) is 9.10 Å². The molecule has 0 heterocycles. The van der Waals surface area contributed by atoms with E-state index in [-0.39, 0.29) is 24.3 Å². The third kappa shape index (κ3) is 5.63. The van der Waals surface area contributed by atoms with Gasteiger partial charge in [-0.15, -0.1) is 0 Å². The van der Waals surface area contributed by atoms with E-state index < -0.39 is 10.0 Å². The van der Waals surface area contributed by atoms with Crippen LogP contribution in [0.25, 0.3) is 0 Å². The number of hydrogen-bond acceptors (Lipinski definition) is 4. The van der Waals surface area contributed by atoms with Crippen molar-refractivity contribution in [2.45, 2.75) is 26.9 Å². The first-order valence-corrected chi connectivity index (χ1v) is 8.31. The third-order valence-corrected chi connectivity index (χ3v) is 4.49. The third-order valence-electron chi connectivity index (χ3n) is 2.72.